The van der Waals surface area contributed by atoms with Crippen LogP contribution in [0.15, 0.2) is 79.6 Å². The number of ether oxygens (including phenoxy) is 1. The minimum atomic E-state index is -0.390. The molecule has 0 atom stereocenters. The smallest absolute Gasteiger partial charge is 0.165 e. The normalized spacial score (nSPS) is 11.4. The number of hydrogen-bond acceptors (Lipinski definition) is 8. The summed E-state index contributed by atoms with van der Waals surface area (Å²) in [6.07, 6.45) is 4.67. The molecule has 10 heteroatoms. The van der Waals surface area contributed by atoms with E-state index in [-0.39, 0.29) is 5.75 Å². The fourth-order valence-corrected chi connectivity index (χ4v) is 4.10. The third-order valence-corrected chi connectivity index (χ3v) is 6.37. The van der Waals surface area contributed by atoms with Crippen molar-refractivity contribution in [3.8, 4) is 22.6 Å². The molecule has 200 valence electrons. The van der Waals surface area contributed by atoms with E-state index in [0.29, 0.717) is 12.4 Å². The van der Waals surface area contributed by atoms with E-state index in [1.165, 1.54) is 18.7 Å². The van der Waals surface area contributed by atoms with Gasteiger partial charge in [0.1, 0.15) is 31.4 Å². The zero-order chi connectivity index (χ0) is 27.2. The van der Waals surface area contributed by atoms with Gasteiger partial charge >= 0.3 is 0 Å². The highest BCUT2D eigenvalue weighted by atomic mass is 19.1. The van der Waals surface area contributed by atoms with Crippen LogP contribution in [0.25, 0.3) is 27.7 Å². The summed E-state index contributed by atoms with van der Waals surface area (Å²) in [5.41, 5.74) is 4.16. The first-order valence-electron chi connectivity index (χ1n) is 12.7. The molecule has 0 saturated heterocycles. The molecule has 2 aromatic heterocycles. The molecule has 0 saturated carbocycles. The molecule has 5 rings (SSSR count). The molecule has 0 spiro atoms. The van der Waals surface area contributed by atoms with E-state index in [2.05, 4.69) is 35.2 Å². The summed E-state index contributed by atoms with van der Waals surface area (Å²) in [7, 11) is 6.12. The number of nitrogens with zero attached hydrogens (tertiary/aromatic N) is 7. The van der Waals surface area contributed by atoms with Gasteiger partial charge in [-0.05, 0) is 80.8 Å². The lowest BCUT2D eigenvalue weighted by Crippen LogP contribution is -2.31. The Labute approximate surface area is 226 Å². The monoisotopic (exact) mass is 526 g/mol. The fourth-order valence-electron chi connectivity index (χ4n) is 4.10. The molecule has 0 unspecified atom stereocenters. The molecular formula is C29H31FN8O. The Morgan fingerprint density at radius 1 is 0.872 bits per heavy atom. The van der Waals surface area contributed by atoms with Crippen LogP contribution in [0.1, 0.15) is 0 Å². The van der Waals surface area contributed by atoms with Gasteiger partial charge in [0.05, 0.1) is 11.2 Å². The number of aromatic nitrogens is 5. The van der Waals surface area contributed by atoms with Gasteiger partial charge in [-0.15, -0.1) is 0 Å². The number of nitrogens with one attached hydrogen (secondary N) is 1. The lowest BCUT2D eigenvalue weighted by Gasteiger charge is -2.19. The summed E-state index contributed by atoms with van der Waals surface area (Å²) in [6, 6.07) is 18.7. The van der Waals surface area contributed by atoms with Crippen LogP contribution in [0, 0.1) is 5.82 Å². The van der Waals surface area contributed by atoms with E-state index in [4.69, 9.17) is 4.74 Å². The predicted octanol–water partition coefficient (Wildman–Crippen LogP) is 4.63. The Kier molecular flexibility index (Phi) is 8.04. The SMILES string of the molecule is CN(C)CCN(C)CCOc1ccc(-c2ccc3ncnc(Nc4ccc(-n5cncn5)cc4)c3c2)cc1F. The van der Waals surface area contributed by atoms with Crippen LogP contribution in [0.5, 0.6) is 5.75 Å². The van der Waals surface area contributed by atoms with Crippen molar-refractivity contribution in [2.75, 3.05) is 52.7 Å². The molecule has 3 aromatic carbocycles. The predicted molar refractivity (Wildman–Crippen MR) is 151 cm³/mol. The molecule has 0 aliphatic carbocycles. The van der Waals surface area contributed by atoms with Crippen molar-refractivity contribution in [1.29, 1.82) is 0 Å². The number of likely N-dealkylation sites (N-methyl/N-ethyl adjacent to an activating group) is 2. The first-order valence-corrected chi connectivity index (χ1v) is 12.7. The van der Waals surface area contributed by atoms with Crippen molar-refractivity contribution < 1.29 is 9.13 Å². The number of fused-ring (bicyclic) bond motifs is 1. The fraction of sp³-hybridized carbons (Fsp3) is 0.241. The molecule has 9 nitrogen and oxygen atoms in total. The van der Waals surface area contributed by atoms with Crippen LogP contribution in [-0.4, -0.2) is 81.9 Å². The molecule has 1 N–H and O–H groups in total. The van der Waals surface area contributed by atoms with Crippen molar-refractivity contribution in [2.24, 2.45) is 0 Å². The Balaban J connectivity index is 1.30. The number of hydrogen-bond donors (Lipinski definition) is 1. The van der Waals surface area contributed by atoms with E-state index in [9.17, 15) is 4.39 Å². The zero-order valence-electron chi connectivity index (χ0n) is 22.3. The minimum absolute atomic E-state index is 0.251. The quantitative estimate of drug-likeness (QED) is 0.267. The van der Waals surface area contributed by atoms with E-state index >= 15 is 0 Å². The van der Waals surface area contributed by atoms with Crippen LogP contribution in [0.4, 0.5) is 15.9 Å². The Morgan fingerprint density at radius 2 is 1.67 bits per heavy atom. The first-order chi connectivity index (χ1) is 19.0. The largest absolute Gasteiger partial charge is 0.489 e. The number of benzene rings is 3. The second-order valence-corrected chi connectivity index (χ2v) is 9.57. The van der Waals surface area contributed by atoms with Crippen LogP contribution in [0.3, 0.4) is 0 Å². The van der Waals surface area contributed by atoms with Crippen molar-refractivity contribution >= 4 is 22.4 Å². The van der Waals surface area contributed by atoms with Gasteiger partial charge in [-0.3, -0.25) is 0 Å². The zero-order valence-corrected chi connectivity index (χ0v) is 22.3. The maximum atomic E-state index is 14.9. The average molecular weight is 527 g/mol. The molecule has 5 aromatic rings. The first kappa shape index (κ1) is 26.2. The van der Waals surface area contributed by atoms with E-state index in [1.807, 2.05) is 69.7 Å². The Morgan fingerprint density at radius 3 is 2.41 bits per heavy atom. The van der Waals surface area contributed by atoms with Gasteiger partial charge in [0, 0.05) is 30.7 Å². The molecule has 0 amide bonds. The highest BCUT2D eigenvalue weighted by Crippen LogP contribution is 2.31. The Bertz CT molecular complexity index is 1520. The summed E-state index contributed by atoms with van der Waals surface area (Å²) in [4.78, 5) is 17.1. The third kappa shape index (κ3) is 6.54. The van der Waals surface area contributed by atoms with Crippen molar-refractivity contribution in [2.45, 2.75) is 0 Å². The van der Waals surface area contributed by atoms with Gasteiger partial charge in [0.15, 0.2) is 11.6 Å². The van der Waals surface area contributed by atoms with Gasteiger partial charge < -0.3 is 19.9 Å². The van der Waals surface area contributed by atoms with Crippen LogP contribution < -0.4 is 10.1 Å². The molecule has 39 heavy (non-hydrogen) atoms. The minimum Gasteiger partial charge on any atom is -0.489 e. The molecule has 0 aliphatic rings. The van der Waals surface area contributed by atoms with Crippen LogP contribution in [0.2, 0.25) is 0 Å². The van der Waals surface area contributed by atoms with E-state index in [0.717, 1.165) is 53.0 Å². The van der Waals surface area contributed by atoms with E-state index < -0.39 is 5.82 Å². The van der Waals surface area contributed by atoms with Gasteiger partial charge in [-0.2, -0.15) is 5.10 Å². The summed E-state index contributed by atoms with van der Waals surface area (Å²) < 4.78 is 22.4. The van der Waals surface area contributed by atoms with Crippen molar-refractivity contribution in [3.63, 3.8) is 0 Å². The second-order valence-electron chi connectivity index (χ2n) is 9.57. The lowest BCUT2D eigenvalue weighted by molar-refractivity contribution is 0.217. The number of rotatable bonds is 11. The average Bonchev–Trinajstić information content (AvgIpc) is 3.48. The van der Waals surface area contributed by atoms with Crippen LogP contribution >= 0.6 is 0 Å². The molecule has 2 heterocycles. The third-order valence-electron chi connectivity index (χ3n) is 6.37. The molecular weight excluding hydrogens is 495 g/mol. The summed E-state index contributed by atoms with van der Waals surface area (Å²) >= 11 is 0. The molecule has 0 bridgehead atoms. The number of anilines is 2. The standard InChI is InChI=1S/C29H31FN8O/c1-36(2)12-13-37(3)14-15-39-28-11-5-22(17-26(28)30)21-4-10-27-25(16-21)29(33-19-32-27)35-23-6-8-24(9-7-23)38-20-31-18-34-38/h4-11,16-20H,12-15H2,1-3H3,(H,32,33,35). The van der Waals surface area contributed by atoms with Gasteiger partial charge in [0.25, 0.3) is 0 Å². The summed E-state index contributed by atoms with van der Waals surface area (Å²) in [6.45, 7) is 3.03. The van der Waals surface area contributed by atoms with Gasteiger partial charge in [-0.1, -0.05) is 12.1 Å². The molecule has 0 fully saturated rings. The van der Waals surface area contributed by atoms with Gasteiger partial charge in [-0.25, -0.2) is 24.0 Å². The lowest BCUT2D eigenvalue weighted by atomic mass is 10.0. The second kappa shape index (κ2) is 12.0. The molecule has 0 aliphatic heterocycles. The van der Waals surface area contributed by atoms with Crippen molar-refractivity contribution in [3.05, 3.63) is 85.5 Å². The van der Waals surface area contributed by atoms with Gasteiger partial charge in [0.2, 0.25) is 0 Å². The molecule has 0 radical (unpaired) electrons. The summed E-state index contributed by atoms with van der Waals surface area (Å²) in [5, 5.41) is 8.35. The number of halogens is 1. The topological polar surface area (TPSA) is 84.2 Å². The van der Waals surface area contributed by atoms with Crippen molar-refractivity contribution in [1.82, 2.24) is 34.5 Å². The highest BCUT2D eigenvalue weighted by Gasteiger charge is 2.11. The summed E-state index contributed by atoms with van der Waals surface area (Å²) in [5.74, 6) is 0.522. The maximum absolute atomic E-state index is 14.9. The van der Waals surface area contributed by atoms with E-state index in [1.54, 1.807) is 17.1 Å². The highest BCUT2D eigenvalue weighted by molar-refractivity contribution is 5.93. The maximum Gasteiger partial charge on any atom is 0.165 e. The Hall–Kier alpha value is -4.41. The van der Waals surface area contributed by atoms with Crippen LogP contribution in [-0.2, 0) is 0 Å².